The molecule has 0 amide bonds. The van der Waals surface area contributed by atoms with E-state index in [4.69, 9.17) is 0 Å². The lowest BCUT2D eigenvalue weighted by atomic mass is 9.48. The van der Waals surface area contributed by atoms with E-state index < -0.39 is 0 Å². The fraction of sp³-hybridized carbons (Fsp3) is 0.700. The number of hydrogen-bond donors (Lipinski definition) is 0. The summed E-state index contributed by atoms with van der Waals surface area (Å²) in [5.74, 6) is 8.94. The van der Waals surface area contributed by atoms with Crippen molar-refractivity contribution in [3.05, 3.63) is 23.3 Å². The molecule has 0 spiro atoms. The van der Waals surface area contributed by atoms with Gasteiger partial charge in [-0.25, -0.2) is 0 Å². The smallest absolute Gasteiger partial charge is 0.0509 e. The van der Waals surface area contributed by atoms with Crippen LogP contribution in [-0.4, -0.2) is 0 Å². The molecule has 3 aliphatic carbocycles. The first-order chi connectivity index (χ1) is 9.34. The van der Waals surface area contributed by atoms with Gasteiger partial charge in [0.05, 0.1) is 5.92 Å². The highest BCUT2D eigenvalue weighted by Gasteiger charge is 2.52. The van der Waals surface area contributed by atoms with Crippen LogP contribution in [-0.2, 0) is 0 Å². The molecule has 0 radical (unpaired) electrons. The first-order valence-electron chi connectivity index (χ1n) is 8.28. The Balaban J connectivity index is 2.01. The second-order valence-corrected chi connectivity index (χ2v) is 8.30. The summed E-state index contributed by atoms with van der Waals surface area (Å²) in [6.07, 6.45) is 10.2. The zero-order chi connectivity index (χ0) is 14.5. The van der Waals surface area contributed by atoms with E-state index in [0.29, 0.717) is 22.7 Å². The van der Waals surface area contributed by atoms with Gasteiger partial charge >= 0.3 is 0 Å². The van der Waals surface area contributed by atoms with Crippen LogP contribution in [0.25, 0.3) is 0 Å². The molecular formula is C20H28. The monoisotopic (exact) mass is 268 g/mol. The van der Waals surface area contributed by atoms with Crippen LogP contribution in [0.1, 0.15) is 60.3 Å². The third-order valence-corrected chi connectivity index (χ3v) is 6.16. The van der Waals surface area contributed by atoms with Gasteiger partial charge in [-0.15, -0.1) is 0 Å². The van der Waals surface area contributed by atoms with Crippen LogP contribution >= 0.6 is 0 Å². The van der Waals surface area contributed by atoms with E-state index in [1.165, 1.54) is 36.8 Å². The van der Waals surface area contributed by atoms with E-state index in [0.717, 1.165) is 5.92 Å². The highest BCUT2D eigenvalue weighted by molar-refractivity contribution is 5.48. The van der Waals surface area contributed by atoms with Crippen molar-refractivity contribution in [3.8, 4) is 11.8 Å². The Labute approximate surface area is 124 Å². The minimum absolute atomic E-state index is 0.387. The van der Waals surface area contributed by atoms with Crippen LogP contribution in [0.3, 0.4) is 0 Å². The topological polar surface area (TPSA) is 0 Å². The van der Waals surface area contributed by atoms with Crippen LogP contribution in [0.5, 0.6) is 0 Å². The number of fused-ring (bicyclic) bond motifs is 3. The Morgan fingerprint density at radius 1 is 1.20 bits per heavy atom. The van der Waals surface area contributed by atoms with Crippen LogP contribution in [0, 0.1) is 40.4 Å². The molecule has 0 heterocycles. The van der Waals surface area contributed by atoms with Crippen molar-refractivity contribution in [1.29, 1.82) is 0 Å². The van der Waals surface area contributed by atoms with Crippen molar-refractivity contribution in [1.82, 2.24) is 0 Å². The molecular weight excluding hydrogens is 240 g/mol. The Kier molecular flexibility index (Phi) is 3.16. The largest absolute Gasteiger partial charge is 0.0894 e. The summed E-state index contributed by atoms with van der Waals surface area (Å²) >= 11 is 0. The molecule has 3 rings (SSSR count). The van der Waals surface area contributed by atoms with E-state index in [9.17, 15) is 0 Å². The molecule has 0 aliphatic heterocycles. The van der Waals surface area contributed by atoms with Gasteiger partial charge in [-0.3, -0.25) is 0 Å². The Hall–Kier alpha value is -0.960. The lowest BCUT2D eigenvalue weighted by molar-refractivity contribution is -0.0210. The van der Waals surface area contributed by atoms with Crippen molar-refractivity contribution in [2.24, 2.45) is 28.6 Å². The summed E-state index contributed by atoms with van der Waals surface area (Å²) in [5.41, 5.74) is 3.70. The van der Waals surface area contributed by atoms with Gasteiger partial charge in [0, 0.05) is 5.57 Å². The predicted octanol–water partition coefficient (Wildman–Crippen LogP) is 5.36. The molecule has 108 valence electrons. The lowest BCUT2D eigenvalue weighted by Crippen LogP contribution is -2.48. The predicted molar refractivity (Wildman–Crippen MR) is 86.1 cm³/mol. The molecule has 3 atom stereocenters. The minimum atomic E-state index is 0.387. The van der Waals surface area contributed by atoms with Crippen LogP contribution < -0.4 is 0 Å². The second-order valence-electron chi connectivity index (χ2n) is 8.30. The SMILES string of the molecule is CC(C)C1=CC2=CCC3C(C)(C)CCC[C@]3(C)[C@@H]2C#C1. The maximum absolute atomic E-state index is 3.64. The van der Waals surface area contributed by atoms with E-state index in [1.807, 2.05) is 0 Å². The van der Waals surface area contributed by atoms with Crippen molar-refractivity contribution in [2.75, 3.05) is 0 Å². The second kappa shape index (κ2) is 4.52. The van der Waals surface area contributed by atoms with Gasteiger partial charge in [0.15, 0.2) is 0 Å². The van der Waals surface area contributed by atoms with Crippen molar-refractivity contribution >= 4 is 0 Å². The third kappa shape index (κ3) is 1.98. The van der Waals surface area contributed by atoms with E-state index in [2.05, 4.69) is 58.6 Å². The molecule has 3 aliphatic rings. The Bertz CT molecular complexity index is 532. The number of allylic oxidation sites excluding steroid dienone is 4. The summed E-state index contributed by atoms with van der Waals surface area (Å²) in [4.78, 5) is 0. The average molecular weight is 268 g/mol. The van der Waals surface area contributed by atoms with Gasteiger partial charge in [0.1, 0.15) is 0 Å². The zero-order valence-electron chi connectivity index (χ0n) is 13.7. The summed E-state index contributed by atoms with van der Waals surface area (Å²) < 4.78 is 0. The molecule has 20 heavy (non-hydrogen) atoms. The summed E-state index contributed by atoms with van der Waals surface area (Å²) in [7, 11) is 0. The van der Waals surface area contributed by atoms with Crippen LogP contribution in [0.2, 0.25) is 0 Å². The number of rotatable bonds is 1. The first-order valence-corrected chi connectivity index (χ1v) is 8.28. The molecule has 1 unspecified atom stereocenters. The lowest BCUT2D eigenvalue weighted by Gasteiger charge is -2.55. The van der Waals surface area contributed by atoms with Crippen molar-refractivity contribution in [3.63, 3.8) is 0 Å². The maximum atomic E-state index is 3.64. The molecule has 0 bridgehead atoms. The zero-order valence-corrected chi connectivity index (χ0v) is 13.7. The fourth-order valence-corrected chi connectivity index (χ4v) is 4.92. The molecule has 0 heteroatoms. The fourth-order valence-electron chi connectivity index (χ4n) is 4.92. The van der Waals surface area contributed by atoms with Crippen molar-refractivity contribution in [2.45, 2.75) is 60.3 Å². The van der Waals surface area contributed by atoms with E-state index in [-0.39, 0.29) is 0 Å². The molecule has 1 fully saturated rings. The highest BCUT2D eigenvalue weighted by atomic mass is 14.6. The molecule has 0 N–H and O–H groups in total. The van der Waals surface area contributed by atoms with Crippen LogP contribution in [0.15, 0.2) is 23.3 Å². The Morgan fingerprint density at radius 3 is 2.65 bits per heavy atom. The van der Waals surface area contributed by atoms with Gasteiger partial charge in [-0.1, -0.05) is 59.0 Å². The van der Waals surface area contributed by atoms with Crippen molar-refractivity contribution < 1.29 is 0 Å². The van der Waals surface area contributed by atoms with Gasteiger partial charge in [0.25, 0.3) is 0 Å². The quantitative estimate of drug-likeness (QED) is 0.561. The standard InChI is InChI=1S/C20H28/c1-14(2)15-7-9-17-16(13-15)8-10-18-19(3,4)11-6-12-20(17,18)5/h8,13-14,17-18H,6,10-12H2,1-5H3/t17-,18?,20-/m1/s1. The molecule has 0 nitrogen and oxygen atoms in total. The van der Waals surface area contributed by atoms with Gasteiger partial charge in [-0.2, -0.15) is 0 Å². The summed E-state index contributed by atoms with van der Waals surface area (Å²) in [6.45, 7) is 12.0. The van der Waals surface area contributed by atoms with Gasteiger partial charge < -0.3 is 0 Å². The Morgan fingerprint density at radius 2 is 1.95 bits per heavy atom. The highest BCUT2D eigenvalue weighted by Crippen LogP contribution is 2.60. The van der Waals surface area contributed by atoms with E-state index >= 15 is 0 Å². The summed E-state index contributed by atoms with van der Waals surface area (Å²) in [6, 6.07) is 0. The maximum Gasteiger partial charge on any atom is 0.0509 e. The molecule has 0 saturated heterocycles. The minimum Gasteiger partial charge on any atom is -0.0894 e. The normalized spacial score (nSPS) is 38.1. The molecule has 0 aromatic rings. The first kappa shape index (κ1) is 14.0. The molecule has 0 aromatic carbocycles. The van der Waals surface area contributed by atoms with Crippen LogP contribution in [0.4, 0.5) is 0 Å². The van der Waals surface area contributed by atoms with Gasteiger partial charge in [0.2, 0.25) is 0 Å². The molecule has 0 aromatic heterocycles. The van der Waals surface area contributed by atoms with Gasteiger partial charge in [-0.05, 0) is 53.6 Å². The number of hydrogen-bond acceptors (Lipinski definition) is 0. The summed E-state index contributed by atoms with van der Waals surface area (Å²) in [5, 5.41) is 0. The average Bonchev–Trinajstić information content (AvgIpc) is 2.37. The molecule has 1 saturated carbocycles. The third-order valence-electron chi connectivity index (χ3n) is 6.16. The van der Waals surface area contributed by atoms with E-state index in [1.54, 1.807) is 0 Å².